The maximum Gasteiger partial charge on any atom is 0.223 e. The smallest absolute Gasteiger partial charge is 0.223 e. The fourth-order valence-corrected chi connectivity index (χ4v) is 3.04. The molecule has 3 rings (SSSR count). The minimum absolute atomic E-state index is 0.214. The molecule has 0 bridgehead atoms. The highest BCUT2D eigenvalue weighted by Gasteiger charge is 2.28. The number of nitrogens with two attached hydrogens (primary N) is 1. The summed E-state index contributed by atoms with van der Waals surface area (Å²) in [6, 6.07) is 20.0. The predicted molar refractivity (Wildman–Crippen MR) is 101 cm³/mol. The van der Waals surface area contributed by atoms with E-state index in [1.165, 1.54) is 5.56 Å². The summed E-state index contributed by atoms with van der Waals surface area (Å²) in [5, 5.41) is 3.06. The lowest BCUT2D eigenvalue weighted by atomic mass is 10.1. The molecule has 5 nitrogen and oxygen atoms in total. The zero-order valence-electron chi connectivity index (χ0n) is 14.3. The van der Waals surface area contributed by atoms with Gasteiger partial charge >= 0.3 is 0 Å². The Labute approximate surface area is 148 Å². The van der Waals surface area contributed by atoms with Gasteiger partial charge in [-0.3, -0.25) is 9.79 Å². The van der Waals surface area contributed by atoms with Gasteiger partial charge in [0.25, 0.3) is 0 Å². The molecule has 130 valence electrons. The Balaban J connectivity index is 1.46. The number of rotatable bonds is 6. The molecule has 0 radical (unpaired) electrons. The lowest BCUT2D eigenvalue weighted by molar-refractivity contribution is -0.127. The first kappa shape index (κ1) is 17.0. The van der Waals surface area contributed by atoms with Crippen molar-refractivity contribution in [1.82, 2.24) is 4.90 Å². The lowest BCUT2D eigenvalue weighted by Gasteiger charge is -2.16. The first-order valence-corrected chi connectivity index (χ1v) is 8.64. The van der Waals surface area contributed by atoms with Crippen LogP contribution in [0.25, 0.3) is 0 Å². The van der Waals surface area contributed by atoms with Gasteiger partial charge in [0.15, 0.2) is 5.96 Å². The third-order valence-electron chi connectivity index (χ3n) is 4.37. The number of aliphatic imine (C=N–C) groups is 1. The van der Waals surface area contributed by atoms with Gasteiger partial charge in [-0.2, -0.15) is 0 Å². The SMILES string of the molecule is NC(=NCC1CC(=O)N(CCc2ccccc2)C1)Nc1ccccc1. The van der Waals surface area contributed by atoms with E-state index in [0.717, 1.165) is 25.2 Å². The molecule has 3 N–H and O–H groups in total. The van der Waals surface area contributed by atoms with E-state index < -0.39 is 0 Å². The molecule has 0 aromatic heterocycles. The third kappa shape index (κ3) is 5.08. The second kappa shape index (κ2) is 8.33. The number of benzene rings is 2. The van der Waals surface area contributed by atoms with Gasteiger partial charge in [0.05, 0.1) is 0 Å². The zero-order valence-corrected chi connectivity index (χ0v) is 14.3. The quantitative estimate of drug-likeness (QED) is 0.629. The molecule has 1 atom stereocenters. The Morgan fingerprint density at radius 2 is 1.80 bits per heavy atom. The summed E-state index contributed by atoms with van der Waals surface area (Å²) >= 11 is 0. The zero-order chi connectivity index (χ0) is 17.5. The minimum atomic E-state index is 0.214. The first-order valence-electron chi connectivity index (χ1n) is 8.64. The largest absolute Gasteiger partial charge is 0.370 e. The molecule has 0 aliphatic carbocycles. The van der Waals surface area contributed by atoms with Crippen LogP contribution in [0.4, 0.5) is 5.69 Å². The van der Waals surface area contributed by atoms with Crippen molar-refractivity contribution in [3.63, 3.8) is 0 Å². The predicted octanol–water partition coefficient (Wildman–Crippen LogP) is 2.50. The van der Waals surface area contributed by atoms with Crippen LogP contribution in [0.1, 0.15) is 12.0 Å². The highest BCUT2D eigenvalue weighted by molar-refractivity contribution is 5.92. The summed E-state index contributed by atoms with van der Waals surface area (Å²) in [4.78, 5) is 18.5. The molecular weight excluding hydrogens is 312 g/mol. The summed E-state index contributed by atoms with van der Waals surface area (Å²) < 4.78 is 0. The molecule has 2 aromatic rings. The van der Waals surface area contributed by atoms with Crippen molar-refractivity contribution in [2.24, 2.45) is 16.6 Å². The summed E-state index contributed by atoms with van der Waals surface area (Å²) in [6.45, 7) is 2.09. The van der Waals surface area contributed by atoms with Gasteiger partial charge in [-0.1, -0.05) is 48.5 Å². The summed E-state index contributed by atoms with van der Waals surface area (Å²) in [5.41, 5.74) is 8.10. The van der Waals surface area contributed by atoms with Crippen LogP contribution in [-0.2, 0) is 11.2 Å². The van der Waals surface area contributed by atoms with Gasteiger partial charge in [-0.25, -0.2) is 0 Å². The van der Waals surface area contributed by atoms with E-state index in [4.69, 9.17) is 5.73 Å². The van der Waals surface area contributed by atoms with E-state index in [-0.39, 0.29) is 11.8 Å². The van der Waals surface area contributed by atoms with Gasteiger partial charge in [0.1, 0.15) is 0 Å². The van der Waals surface area contributed by atoms with Crippen LogP contribution in [0.5, 0.6) is 0 Å². The third-order valence-corrected chi connectivity index (χ3v) is 4.37. The Hall–Kier alpha value is -2.82. The number of nitrogens with zero attached hydrogens (tertiary/aromatic N) is 2. The monoisotopic (exact) mass is 336 g/mol. The van der Waals surface area contributed by atoms with Crippen LogP contribution in [0.3, 0.4) is 0 Å². The van der Waals surface area contributed by atoms with E-state index in [9.17, 15) is 4.79 Å². The molecule has 2 aromatic carbocycles. The maximum atomic E-state index is 12.2. The van der Waals surface area contributed by atoms with Crippen molar-refractivity contribution in [3.8, 4) is 0 Å². The van der Waals surface area contributed by atoms with E-state index in [1.54, 1.807) is 0 Å². The summed E-state index contributed by atoms with van der Waals surface area (Å²) in [5.74, 6) is 0.839. The highest BCUT2D eigenvalue weighted by atomic mass is 16.2. The van der Waals surface area contributed by atoms with Gasteiger partial charge in [-0.05, 0) is 24.1 Å². The molecule has 1 fully saturated rings. The topological polar surface area (TPSA) is 70.7 Å². The molecule has 5 heteroatoms. The van der Waals surface area contributed by atoms with Crippen molar-refractivity contribution in [2.75, 3.05) is 25.0 Å². The van der Waals surface area contributed by atoms with Gasteiger partial charge in [0, 0.05) is 37.7 Å². The molecule has 1 heterocycles. The van der Waals surface area contributed by atoms with Crippen molar-refractivity contribution in [1.29, 1.82) is 0 Å². The number of carbonyl (C=O) groups is 1. The van der Waals surface area contributed by atoms with Crippen LogP contribution in [0.15, 0.2) is 65.7 Å². The minimum Gasteiger partial charge on any atom is -0.370 e. The second-order valence-corrected chi connectivity index (χ2v) is 6.36. The molecule has 1 aliphatic rings. The molecule has 1 aliphatic heterocycles. The van der Waals surface area contributed by atoms with Crippen LogP contribution >= 0.6 is 0 Å². The number of hydrogen-bond donors (Lipinski definition) is 2. The second-order valence-electron chi connectivity index (χ2n) is 6.36. The summed E-state index contributed by atoms with van der Waals surface area (Å²) in [7, 11) is 0. The first-order chi connectivity index (χ1) is 12.2. The molecule has 25 heavy (non-hydrogen) atoms. The molecule has 0 spiro atoms. The maximum absolute atomic E-state index is 12.2. The normalized spacial score (nSPS) is 17.8. The van der Waals surface area contributed by atoms with Crippen LogP contribution in [-0.4, -0.2) is 36.4 Å². The van der Waals surface area contributed by atoms with Crippen LogP contribution in [0, 0.1) is 5.92 Å². The van der Waals surface area contributed by atoms with E-state index >= 15 is 0 Å². The van der Waals surface area contributed by atoms with Gasteiger partial charge in [-0.15, -0.1) is 0 Å². The van der Waals surface area contributed by atoms with Crippen molar-refractivity contribution in [2.45, 2.75) is 12.8 Å². The average Bonchev–Trinajstić information content (AvgIpc) is 3.00. The van der Waals surface area contributed by atoms with Gasteiger partial charge in [0.2, 0.25) is 5.91 Å². The van der Waals surface area contributed by atoms with Crippen LogP contribution < -0.4 is 11.1 Å². The fraction of sp³-hybridized carbons (Fsp3) is 0.300. The summed E-state index contributed by atoms with van der Waals surface area (Å²) in [6.07, 6.45) is 1.44. The van der Waals surface area contributed by atoms with Crippen LogP contribution in [0.2, 0.25) is 0 Å². The number of nitrogens with one attached hydrogen (secondary N) is 1. The highest BCUT2D eigenvalue weighted by Crippen LogP contribution is 2.18. The number of hydrogen-bond acceptors (Lipinski definition) is 2. The fourth-order valence-electron chi connectivity index (χ4n) is 3.04. The molecule has 0 saturated carbocycles. The molecule has 1 saturated heterocycles. The number of para-hydroxylation sites is 1. The van der Waals surface area contributed by atoms with E-state index in [0.29, 0.717) is 18.9 Å². The van der Waals surface area contributed by atoms with E-state index in [1.807, 2.05) is 53.4 Å². The van der Waals surface area contributed by atoms with Crippen molar-refractivity contribution >= 4 is 17.6 Å². The lowest BCUT2D eigenvalue weighted by Crippen LogP contribution is -2.28. The number of anilines is 1. The molecule has 1 unspecified atom stereocenters. The Morgan fingerprint density at radius 1 is 1.12 bits per heavy atom. The number of amides is 1. The molecular formula is C20H24N4O. The standard InChI is InChI=1S/C20H24N4O/c21-20(23-18-9-5-2-6-10-18)22-14-17-13-19(25)24(15-17)12-11-16-7-3-1-4-8-16/h1-10,17H,11-15H2,(H3,21,22,23). The number of carbonyl (C=O) groups excluding carboxylic acids is 1. The Morgan fingerprint density at radius 3 is 2.52 bits per heavy atom. The van der Waals surface area contributed by atoms with Gasteiger partial charge < -0.3 is 16.0 Å². The Bertz CT molecular complexity index is 715. The average molecular weight is 336 g/mol. The number of likely N-dealkylation sites (tertiary alicyclic amines) is 1. The molecule has 1 amide bonds. The van der Waals surface area contributed by atoms with E-state index in [2.05, 4.69) is 22.4 Å². The number of guanidine groups is 1. The Kier molecular flexibility index (Phi) is 5.67. The van der Waals surface area contributed by atoms with Crippen molar-refractivity contribution < 1.29 is 4.79 Å². The van der Waals surface area contributed by atoms with Crippen molar-refractivity contribution in [3.05, 3.63) is 66.2 Å².